The molecule has 0 saturated carbocycles. The minimum atomic E-state index is 0.655. The van der Waals surface area contributed by atoms with E-state index in [0.29, 0.717) is 19.8 Å². The van der Waals surface area contributed by atoms with E-state index in [1.807, 2.05) is 18.2 Å². The van der Waals surface area contributed by atoms with Gasteiger partial charge in [0.1, 0.15) is 0 Å². The predicted molar refractivity (Wildman–Crippen MR) is 50.6 cm³/mol. The van der Waals surface area contributed by atoms with E-state index in [1.54, 1.807) is 13.3 Å². The molecule has 0 saturated heterocycles. The molecule has 72 valence electrons. The number of rotatable bonds is 6. The smallest absolute Gasteiger partial charge is 0.0700 e. The van der Waals surface area contributed by atoms with Crippen molar-refractivity contribution < 1.29 is 9.47 Å². The van der Waals surface area contributed by atoms with Crippen molar-refractivity contribution in [2.75, 3.05) is 26.9 Å². The van der Waals surface area contributed by atoms with Gasteiger partial charge in [0, 0.05) is 25.4 Å². The fourth-order valence-electron chi connectivity index (χ4n) is 0.967. The van der Waals surface area contributed by atoms with Gasteiger partial charge in [-0.1, -0.05) is 6.07 Å². The number of methoxy groups -OCH3 is 1. The number of aromatic nitrogens is 1. The highest BCUT2D eigenvalue weighted by Crippen LogP contribution is 1.94. The number of hydrogen-bond acceptors (Lipinski definition) is 3. The minimum absolute atomic E-state index is 0.655. The maximum atomic E-state index is 5.31. The van der Waals surface area contributed by atoms with Crippen molar-refractivity contribution in [2.45, 2.75) is 6.42 Å². The van der Waals surface area contributed by atoms with Gasteiger partial charge >= 0.3 is 0 Å². The Morgan fingerprint density at radius 3 is 2.85 bits per heavy atom. The topological polar surface area (TPSA) is 31.4 Å². The molecule has 0 unspecified atom stereocenters. The van der Waals surface area contributed by atoms with E-state index >= 15 is 0 Å². The largest absolute Gasteiger partial charge is 0.382 e. The second kappa shape index (κ2) is 6.57. The van der Waals surface area contributed by atoms with Gasteiger partial charge in [-0.2, -0.15) is 0 Å². The molecule has 0 spiro atoms. The van der Waals surface area contributed by atoms with Crippen LogP contribution in [0, 0.1) is 0 Å². The van der Waals surface area contributed by atoms with E-state index in [-0.39, 0.29) is 0 Å². The van der Waals surface area contributed by atoms with Crippen LogP contribution in [0.3, 0.4) is 0 Å². The molecular formula is C10H15NO2. The number of hydrogen-bond donors (Lipinski definition) is 0. The minimum Gasteiger partial charge on any atom is -0.382 e. The molecule has 0 aliphatic heterocycles. The molecule has 0 N–H and O–H groups in total. The second-order valence-corrected chi connectivity index (χ2v) is 2.68. The molecule has 1 rings (SSSR count). The monoisotopic (exact) mass is 181 g/mol. The molecule has 0 amide bonds. The molecular weight excluding hydrogens is 166 g/mol. The van der Waals surface area contributed by atoms with Gasteiger partial charge in [-0.05, 0) is 12.1 Å². The molecule has 0 aromatic carbocycles. The summed E-state index contributed by atoms with van der Waals surface area (Å²) >= 11 is 0. The van der Waals surface area contributed by atoms with Gasteiger partial charge in [0.25, 0.3) is 0 Å². The fourth-order valence-corrected chi connectivity index (χ4v) is 0.967. The Morgan fingerprint density at radius 2 is 2.15 bits per heavy atom. The van der Waals surface area contributed by atoms with Crippen molar-refractivity contribution in [3.8, 4) is 0 Å². The zero-order valence-electron chi connectivity index (χ0n) is 7.90. The summed E-state index contributed by atoms with van der Waals surface area (Å²) in [5.74, 6) is 0. The normalized spacial score (nSPS) is 10.2. The first-order valence-electron chi connectivity index (χ1n) is 4.40. The van der Waals surface area contributed by atoms with Crippen LogP contribution in [0.2, 0.25) is 0 Å². The van der Waals surface area contributed by atoms with Crippen LogP contribution in [0.15, 0.2) is 24.4 Å². The zero-order valence-corrected chi connectivity index (χ0v) is 7.90. The molecule has 3 heteroatoms. The standard InChI is InChI=1S/C10H15NO2/c1-12-8-9-13-7-5-10-4-2-3-6-11-10/h2-4,6H,5,7-9H2,1H3. The van der Waals surface area contributed by atoms with Crippen LogP contribution < -0.4 is 0 Å². The number of ether oxygens (including phenoxy) is 2. The van der Waals surface area contributed by atoms with Crippen LogP contribution in [0.25, 0.3) is 0 Å². The number of nitrogens with zero attached hydrogens (tertiary/aromatic N) is 1. The summed E-state index contributed by atoms with van der Waals surface area (Å²) in [6.07, 6.45) is 2.66. The lowest BCUT2D eigenvalue weighted by Gasteiger charge is -2.02. The highest BCUT2D eigenvalue weighted by Gasteiger charge is 1.92. The molecule has 0 aliphatic rings. The lowest BCUT2D eigenvalue weighted by Crippen LogP contribution is -2.05. The van der Waals surface area contributed by atoms with Crippen LogP contribution in [-0.2, 0) is 15.9 Å². The summed E-state index contributed by atoms with van der Waals surface area (Å²) in [6, 6.07) is 5.90. The molecule has 0 aliphatic carbocycles. The predicted octanol–water partition coefficient (Wildman–Crippen LogP) is 1.29. The van der Waals surface area contributed by atoms with E-state index in [4.69, 9.17) is 9.47 Å². The second-order valence-electron chi connectivity index (χ2n) is 2.68. The van der Waals surface area contributed by atoms with Crippen LogP contribution in [-0.4, -0.2) is 31.9 Å². The van der Waals surface area contributed by atoms with Crippen LogP contribution in [0.1, 0.15) is 5.69 Å². The van der Waals surface area contributed by atoms with Gasteiger partial charge in [0.05, 0.1) is 19.8 Å². The summed E-state index contributed by atoms with van der Waals surface area (Å²) in [6.45, 7) is 2.02. The Kier molecular flexibility index (Phi) is 5.13. The average Bonchev–Trinajstić information content (AvgIpc) is 2.19. The van der Waals surface area contributed by atoms with Gasteiger partial charge in [0.15, 0.2) is 0 Å². The Hall–Kier alpha value is -0.930. The fraction of sp³-hybridized carbons (Fsp3) is 0.500. The van der Waals surface area contributed by atoms with Gasteiger partial charge in [0.2, 0.25) is 0 Å². The number of pyridine rings is 1. The van der Waals surface area contributed by atoms with E-state index in [1.165, 1.54) is 0 Å². The van der Waals surface area contributed by atoms with Gasteiger partial charge < -0.3 is 9.47 Å². The summed E-state index contributed by atoms with van der Waals surface area (Å²) in [5.41, 5.74) is 1.07. The Balaban J connectivity index is 2.07. The SMILES string of the molecule is COCCOCCc1ccccn1. The molecule has 13 heavy (non-hydrogen) atoms. The van der Waals surface area contributed by atoms with Gasteiger partial charge in [-0.3, -0.25) is 4.98 Å². The Labute approximate surface area is 78.7 Å². The molecule has 0 atom stereocenters. The van der Waals surface area contributed by atoms with E-state index < -0.39 is 0 Å². The summed E-state index contributed by atoms with van der Waals surface area (Å²) < 4.78 is 10.2. The molecule has 3 nitrogen and oxygen atoms in total. The van der Waals surface area contributed by atoms with Crippen LogP contribution in [0.4, 0.5) is 0 Å². The van der Waals surface area contributed by atoms with Crippen molar-refractivity contribution in [1.82, 2.24) is 4.98 Å². The average molecular weight is 181 g/mol. The van der Waals surface area contributed by atoms with E-state index in [9.17, 15) is 0 Å². The lowest BCUT2D eigenvalue weighted by atomic mass is 10.3. The highest BCUT2D eigenvalue weighted by molar-refractivity contribution is 5.03. The maximum absolute atomic E-state index is 5.31. The zero-order chi connectivity index (χ0) is 9.36. The summed E-state index contributed by atoms with van der Waals surface area (Å²) in [5, 5.41) is 0. The summed E-state index contributed by atoms with van der Waals surface area (Å²) in [7, 11) is 1.67. The third kappa shape index (κ3) is 4.60. The Morgan fingerprint density at radius 1 is 1.23 bits per heavy atom. The van der Waals surface area contributed by atoms with Crippen molar-refractivity contribution in [2.24, 2.45) is 0 Å². The molecule has 0 radical (unpaired) electrons. The van der Waals surface area contributed by atoms with Gasteiger partial charge in [-0.25, -0.2) is 0 Å². The van der Waals surface area contributed by atoms with Crippen LogP contribution >= 0.6 is 0 Å². The molecule has 0 fully saturated rings. The van der Waals surface area contributed by atoms with Crippen molar-refractivity contribution in [3.63, 3.8) is 0 Å². The molecule has 0 bridgehead atoms. The first-order chi connectivity index (χ1) is 6.43. The molecule has 1 heterocycles. The van der Waals surface area contributed by atoms with Crippen molar-refractivity contribution in [3.05, 3.63) is 30.1 Å². The highest BCUT2D eigenvalue weighted by atomic mass is 16.5. The van der Waals surface area contributed by atoms with Gasteiger partial charge in [-0.15, -0.1) is 0 Å². The van der Waals surface area contributed by atoms with Crippen molar-refractivity contribution >= 4 is 0 Å². The van der Waals surface area contributed by atoms with Crippen LogP contribution in [0.5, 0.6) is 0 Å². The molecule has 1 aromatic rings. The van der Waals surface area contributed by atoms with E-state index in [2.05, 4.69) is 4.98 Å². The first kappa shape index (κ1) is 10.2. The van der Waals surface area contributed by atoms with Crippen molar-refractivity contribution in [1.29, 1.82) is 0 Å². The first-order valence-corrected chi connectivity index (χ1v) is 4.40. The Bertz CT molecular complexity index is 213. The molecule has 1 aromatic heterocycles. The summed E-state index contributed by atoms with van der Waals surface area (Å²) in [4.78, 5) is 4.19. The third-order valence-electron chi connectivity index (χ3n) is 1.66. The van der Waals surface area contributed by atoms with E-state index in [0.717, 1.165) is 12.1 Å². The quantitative estimate of drug-likeness (QED) is 0.620. The maximum Gasteiger partial charge on any atom is 0.0700 e. The lowest BCUT2D eigenvalue weighted by molar-refractivity contribution is 0.0719. The third-order valence-corrected chi connectivity index (χ3v) is 1.66.